The van der Waals surface area contributed by atoms with Gasteiger partial charge in [-0.1, -0.05) is 30.3 Å². The third-order valence-corrected chi connectivity index (χ3v) is 4.59. The monoisotopic (exact) mass is 285 g/mol. The molecule has 1 aliphatic rings. The first kappa shape index (κ1) is 14.5. The van der Waals surface area contributed by atoms with Crippen molar-refractivity contribution in [2.45, 2.75) is 25.0 Å². The fraction of sp³-hybridized carbons (Fsp3) is 0.538. The van der Waals surface area contributed by atoms with Crippen LogP contribution >= 0.6 is 0 Å². The highest BCUT2D eigenvalue weighted by atomic mass is 32.2. The second-order valence-corrected chi connectivity index (χ2v) is 6.48. The lowest BCUT2D eigenvalue weighted by Gasteiger charge is -2.18. The van der Waals surface area contributed by atoms with E-state index in [0.29, 0.717) is 6.61 Å². The number of ether oxygens (including phenoxy) is 1. The molecular formula is C13H19NO4S. The van der Waals surface area contributed by atoms with Crippen LogP contribution in [0.3, 0.4) is 0 Å². The van der Waals surface area contributed by atoms with E-state index in [1.807, 2.05) is 18.2 Å². The largest absolute Gasteiger partial charge is 0.394 e. The quantitative estimate of drug-likeness (QED) is 0.811. The number of hydrogen-bond acceptors (Lipinski definition) is 4. The smallest absolute Gasteiger partial charge is 0.214 e. The summed E-state index contributed by atoms with van der Waals surface area (Å²) in [4.78, 5) is 0. The van der Waals surface area contributed by atoms with Crippen LogP contribution in [-0.2, 0) is 14.8 Å². The van der Waals surface area contributed by atoms with Crippen molar-refractivity contribution in [3.63, 3.8) is 0 Å². The highest BCUT2D eigenvalue weighted by molar-refractivity contribution is 7.89. The van der Waals surface area contributed by atoms with Crippen molar-refractivity contribution in [3.8, 4) is 0 Å². The summed E-state index contributed by atoms with van der Waals surface area (Å²) in [5.74, 6) is -0.0453. The molecule has 6 heteroatoms. The van der Waals surface area contributed by atoms with Gasteiger partial charge in [0.2, 0.25) is 10.0 Å². The second kappa shape index (κ2) is 6.47. The molecule has 0 spiro atoms. The molecule has 0 radical (unpaired) electrons. The van der Waals surface area contributed by atoms with Gasteiger partial charge >= 0.3 is 0 Å². The molecular weight excluding hydrogens is 266 g/mol. The van der Waals surface area contributed by atoms with Crippen molar-refractivity contribution in [3.05, 3.63) is 35.9 Å². The van der Waals surface area contributed by atoms with Crippen LogP contribution in [0.2, 0.25) is 0 Å². The maximum absolute atomic E-state index is 12.0. The number of sulfonamides is 1. The Kier molecular flexibility index (Phi) is 4.93. The Labute approximate surface area is 113 Å². The summed E-state index contributed by atoms with van der Waals surface area (Å²) in [6.45, 7) is 0.358. The zero-order valence-corrected chi connectivity index (χ0v) is 11.5. The van der Waals surface area contributed by atoms with Crippen molar-refractivity contribution in [1.29, 1.82) is 0 Å². The lowest BCUT2D eigenvalue weighted by molar-refractivity contribution is 0.127. The Hall–Kier alpha value is -0.950. The van der Waals surface area contributed by atoms with E-state index in [2.05, 4.69) is 4.72 Å². The molecule has 1 fully saturated rings. The topological polar surface area (TPSA) is 75.6 Å². The van der Waals surface area contributed by atoms with Gasteiger partial charge in [-0.15, -0.1) is 0 Å². The van der Waals surface area contributed by atoms with Crippen molar-refractivity contribution in [1.82, 2.24) is 4.72 Å². The van der Waals surface area contributed by atoms with Crippen LogP contribution in [0.25, 0.3) is 0 Å². The third kappa shape index (κ3) is 4.28. The SMILES string of the molecule is O=S(=O)(CC1CCCO1)N[C@@H](CO)c1ccccc1. The van der Waals surface area contributed by atoms with Crippen LogP contribution in [0.15, 0.2) is 30.3 Å². The van der Waals surface area contributed by atoms with E-state index in [0.717, 1.165) is 18.4 Å². The van der Waals surface area contributed by atoms with Crippen LogP contribution in [0, 0.1) is 0 Å². The van der Waals surface area contributed by atoms with Crippen LogP contribution in [-0.4, -0.2) is 38.6 Å². The Morgan fingerprint density at radius 2 is 2.11 bits per heavy atom. The minimum atomic E-state index is -3.46. The van der Waals surface area contributed by atoms with Gasteiger partial charge in [0.1, 0.15) is 0 Å². The Balaban J connectivity index is 2.00. The average Bonchev–Trinajstić information content (AvgIpc) is 2.89. The molecule has 1 aromatic rings. The Bertz CT molecular complexity index is 483. The fourth-order valence-electron chi connectivity index (χ4n) is 2.18. The van der Waals surface area contributed by atoms with Crippen LogP contribution in [0.4, 0.5) is 0 Å². The number of hydrogen-bond donors (Lipinski definition) is 2. The molecule has 1 heterocycles. The lowest BCUT2D eigenvalue weighted by atomic mass is 10.1. The highest BCUT2D eigenvalue weighted by Crippen LogP contribution is 2.17. The lowest BCUT2D eigenvalue weighted by Crippen LogP contribution is -2.36. The molecule has 106 valence electrons. The molecule has 1 saturated heterocycles. The van der Waals surface area contributed by atoms with Crippen LogP contribution in [0.5, 0.6) is 0 Å². The fourth-order valence-corrected chi connectivity index (χ4v) is 3.67. The number of nitrogens with one attached hydrogen (secondary N) is 1. The summed E-state index contributed by atoms with van der Waals surface area (Å²) < 4.78 is 31.9. The maximum Gasteiger partial charge on any atom is 0.214 e. The average molecular weight is 285 g/mol. The molecule has 0 saturated carbocycles. The van der Waals surface area contributed by atoms with Gasteiger partial charge in [-0.3, -0.25) is 0 Å². The number of rotatable bonds is 6. The molecule has 1 unspecified atom stereocenters. The predicted octanol–water partition coefficient (Wildman–Crippen LogP) is 0.818. The summed E-state index contributed by atoms with van der Waals surface area (Å²) in [6, 6.07) is 8.44. The van der Waals surface area contributed by atoms with E-state index >= 15 is 0 Å². The van der Waals surface area contributed by atoms with Gasteiger partial charge < -0.3 is 9.84 Å². The summed E-state index contributed by atoms with van der Waals surface area (Å²) in [5, 5.41) is 9.35. The molecule has 0 aromatic heterocycles. The molecule has 0 aliphatic carbocycles. The van der Waals surface area contributed by atoms with E-state index < -0.39 is 16.1 Å². The predicted molar refractivity (Wildman–Crippen MR) is 72.2 cm³/mol. The minimum Gasteiger partial charge on any atom is -0.394 e. The number of aliphatic hydroxyl groups is 1. The van der Waals surface area contributed by atoms with E-state index in [-0.39, 0.29) is 18.5 Å². The minimum absolute atomic E-state index is 0.0453. The van der Waals surface area contributed by atoms with Gasteiger partial charge in [0.15, 0.2) is 0 Å². The van der Waals surface area contributed by atoms with Gasteiger partial charge in [-0.05, 0) is 18.4 Å². The Morgan fingerprint density at radius 1 is 1.37 bits per heavy atom. The second-order valence-electron chi connectivity index (χ2n) is 4.68. The molecule has 2 N–H and O–H groups in total. The summed E-state index contributed by atoms with van der Waals surface area (Å²) in [5.41, 5.74) is 0.751. The van der Waals surface area contributed by atoms with E-state index in [1.165, 1.54) is 0 Å². The van der Waals surface area contributed by atoms with Gasteiger partial charge in [0, 0.05) is 6.61 Å². The first-order valence-corrected chi connectivity index (χ1v) is 8.03. The van der Waals surface area contributed by atoms with Crippen molar-refractivity contribution >= 4 is 10.0 Å². The molecule has 0 amide bonds. The molecule has 1 aliphatic heterocycles. The van der Waals surface area contributed by atoms with Crippen LogP contribution in [0.1, 0.15) is 24.4 Å². The van der Waals surface area contributed by atoms with E-state index in [4.69, 9.17) is 4.74 Å². The third-order valence-electron chi connectivity index (χ3n) is 3.14. The summed E-state index contributed by atoms with van der Waals surface area (Å²) in [7, 11) is -3.46. The Morgan fingerprint density at radius 3 is 2.68 bits per heavy atom. The highest BCUT2D eigenvalue weighted by Gasteiger charge is 2.25. The molecule has 2 atom stereocenters. The standard InChI is InChI=1S/C13H19NO4S/c15-9-13(11-5-2-1-3-6-11)14-19(16,17)10-12-7-4-8-18-12/h1-3,5-6,12-15H,4,7-10H2/t12?,13-/m0/s1. The molecule has 1 aromatic carbocycles. The van der Waals surface area contributed by atoms with Gasteiger partial charge in [0.25, 0.3) is 0 Å². The summed E-state index contributed by atoms with van der Waals surface area (Å²) in [6.07, 6.45) is 1.45. The first-order chi connectivity index (χ1) is 9.11. The van der Waals surface area contributed by atoms with Crippen molar-refractivity contribution < 1.29 is 18.3 Å². The zero-order chi connectivity index (χ0) is 13.7. The van der Waals surface area contributed by atoms with Gasteiger partial charge in [-0.25, -0.2) is 13.1 Å². The molecule has 2 rings (SSSR count). The van der Waals surface area contributed by atoms with Gasteiger partial charge in [-0.2, -0.15) is 0 Å². The molecule has 0 bridgehead atoms. The van der Waals surface area contributed by atoms with E-state index in [1.54, 1.807) is 12.1 Å². The van der Waals surface area contributed by atoms with Gasteiger partial charge in [0.05, 0.1) is 24.5 Å². The molecule has 19 heavy (non-hydrogen) atoms. The van der Waals surface area contributed by atoms with Crippen molar-refractivity contribution in [2.24, 2.45) is 0 Å². The first-order valence-electron chi connectivity index (χ1n) is 6.38. The zero-order valence-electron chi connectivity index (χ0n) is 10.7. The maximum atomic E-state index is 12.0. The number of aliphatic hydroxyl groups excluding tert-OH is 1. The van der Waals surface area contributed by atoms with E-state index in [9.17, 15) is 13.5 Å². The molecule has 5 nitrogen and oxygen atoms in total. The normalized spacial score (nSPS) is 21.4. The summed E-state index contributed by atoms with van der Waals surface area (Å²) >= 11 is 0. The van der Waals surface area contributed by atoms with Crippen LogP contribution < -0.4 is 4.72 Å². The van der Waals surface area contributed by atoms with Crippen molar-refractivity contribution in [2.75, 3.05) is 19.0 Å². The number of benzene rings is 1.